The number of hydrogen-bond acceptors (Lipinski definition) is 4. The zero-order valence-corrected chi connectivity index (χ0v) is 26.8. The standard InChI is InChI=1S/C11H13N.C11H12O.C11H12S.C7H11N/c3*1-2-4-10-9(3-1)8-5-6-11(10)12-7-8;1-2-6-4-5-7(3-1)8-6/h1-4,8,11-12H,5-7H2;2*1-4,8,11H,5-7H2;4-8H,1-3H2. The molecule has 4 heteroatoms. The molecule has 14 rings (SSSR count). The van der Waals surface area contributed by atoms with Gasteiger partial charge < -0.3 is 15.4 Å². The van der Waals surface area contributed by atoms with Crippen LogP contribution in [0.3, 0.4) is 0 Å². The van der Waals surface area contributed by atoms with Gasteiger partial charge in [0.2, 0.25) is 0 Å². The number of benzene rings is 3. The topological polar surface area (TPSA) is 33.3 Å². The summed E-state index contributed by atoms with van der Waals surface area (Å²) in [4.78, 5) is 0. The predicted octanol–water partition coefficient (Wildman–Crippen LogP) is 9.26. The first kappa shape index (κ1) is 29.1. The van der Waals surface area contributed by atoms with E-state index in [1.165, 1.54) is 75.6 Å². The molecule has 0 amide bonds. The molecule has 2 N–H and O–H groups in total. The third-order valence-electron chi connectivity index (χ3n) is 11.4. The predicted molar refractivity (Wildman–Crippen MR) is 184 cm³/mol. The minimum Gasteiger partial charge on any atom is -0.373 e. The first-order chi connectivity index (χ1) is 21.8. The summed E-state index contributed by atoms with van der Waals surface area (Å²) in [5.41, 5.74) is 9.42. The van der Waals surface area contributed by atoms with E-state index in [1.807, 2.05) is 0 Å². The van der Waals surface area contributed by atoms with Crippen molar-refractivity contribution in [1.29, 1.82) is 0 Å². The third-order valence-corrected chi connectivity index (χ3v) is 12.9. The second-order valence-corrected chi connectivity index (χ2v) is 15.2. The van der Waals surface area contributed by atoms with Crippen LogP contribution in [0.2, 0.25) is 0 Å². The van der Waals surface area contributed by atoms with Crippen molar-refractivity contribution in [3.05, 3.63) is 118 Å². The summed E-state index contributed by atoms with van der Waals surface area (Å²) in [6.07, 6.45) is 17.2. The normalized spacial score (nSPS) is 33.7. The van der Waals surface area contributed by atoms with E-state index in [0.29, 0.717) is 18.1 Å². The second-order valence-electron chi connectivity index (χ2n) is 14.0. The molecule has 8 atom stereocenters. The molecule has 3 nitrogen and oxygen atoms in total. The van der Waals surface area contributed by atoms with E-state index >= 15 is 0 Å². The number of hydrogen-bond donors (Lipinski definition) is 2. The van der Waals surface area contributed by atoms with E-state index < -0.39 is 0 Å². The summed E-state index contributed by atoms with van der Waals surface area (Å²) >= 11 is 2.16. The lowest BCUT2D eigenvalue weighted by Crippen LogP contribution is -2.38. The summed E-state index contributed by atoms with van der Waals surface area (Å²) < 4.78 is 5.70. The van der Waals surface area contributed by atoms with E-state index in [4.69, 9.17) is 4.74 Å². The molecule has 0 radical (unpaired) electrons. The largest absolute Gasteiger partial charge is 0.373 e. The van der Waals surface area contributed by atoms with Crippen molar-refractivity contribution < 1.29 is 4.74 Å². The van der Waals surface area contributed by atoms with Crippen LogP contribution in [0.15, 0.2) is 84.9 Å². The van der Waals surface area contributed by atoms with Gasteiger partial charge in [0.25, 0.3) is 0 Å². The molecule has 44 heavy (non-hydrogen) atoms. The van der Waals surface area contributed by atoms with Crippen LogP contribution < -0.4 is 10.6 Å². The molecule has 8 bridgehead atoms. The molecule has 0 aromatic heterocycles. The van der Waals surface area contributed by atoms with Crippen molar-refractivity contribution in [3.63, 3.8) is 0 Å². The van der Waals surface area contributed by atoms with Crippen molar-refractivity contribution >= 4 is 11.8 Å². The molecule has 8 heterocycles. The Hall–Kier alpha value is -2.37. The van der Waals surface area contributed by atoms with Crippen molar-refractivity contribution in [2.24, 2.45) is 0 Å². The van der Waals surface area contributed by atoms with Gasteiger partial charge in [0.15, 0.2) is 0 Å². The molecule has 4 saturated heterocycles. The smallest absolute Gasteiger partial charge is 0.0828 e. The molecular weight excluding hydrogens is 557 g/mol. The van der Waals surface area contributed by atoms with Crippen LogP contribution in [-0.4, -0.2) is 31.0 Å². The van der Waals surface area contributed by atoms with E-state index in [-0.39, 0.29) is 0 Å². The molecule has 3 aromatic carbocycles. The molecule has 3 aliphatic carbocycles. The van der Waals surface area contributed by atoms with Gasteiger partial charge in [-0.15, -0.1) is 0 Å². The Morgan fingerprint density at radius 2 is 1.18 bits per heavy atom. The monoisotopic (exact) mass is 604 g/mol. The molecule has 230 valence electrons. The Morgan fingerprint density at radius 1 is 0.568 bits per heavy atom. The fraction of sp³-hybridized carbons (Fsp3) is 0.500. The van der Waals surface area contributed by atoms with E-state index in [0.717, 1.165) is 35.8 Å². The first-order valence-electron chi connectivity index (χ1n) is 17.5. The number of thioether (sulfide) groups is 1. The SMILES string of the molecule is C1=CC2CCCC1N2.c1ccc2c(c1)C1CCC2NC1.c1ccc2c(c1)C1CCC2OC1.c1ccc2c(c1)C1CCC2SC1. The lowest BCUT2D eigenvalue weighted by Gasteiger charge is -2.39. The fourth-order valence-corrected chi connectivity index (χ4v) is 10.5. The molecule has 0 saturated carbocycles. The highest BCUT2D eigenvalue weighted by molar-refractivity contribution is 7.99. The number of rotatable bonds is 0. The van der Waals surface area contributed by atoms with Gasteiger partial charge in [0.05, 0.1) is 12.7 Å². The molecule has 4 fully saturated rings. The number of fused-ring (bicyclic) bond motifs is 8. The van der Waals surface area contributed by atoms with Gasteiger partial charge in [-0.05, 0) is 103 Å². The highest BCUT2D eigenvalue weighted by Gasteiger charge is 2.34. The minimum atomic E-state index is 0.409. The van der Waals surface area contributed by atoms with Crippen LogP contribution in [0.25, 0.3) is 0 Å². The summed E-state index contributed by atoms with van der Waals surface area (Å²) in [7, 11) is 0. The Labute approximate surface area is 268 Å². The highest BCUT2D eigenvalue weighted by atomic mass is 32.2. The van der Waals surface area contributed by atoms with Crippen LogP contribution >= 0.6 is 11.8 Å². The van der Waals surface area contributed by atoms with Crippen LogP contribution in [-0.2, 0) is 4.74 Å². The highest BCUT2D eigenvalue weighted by Crippen LogP contribution is 2.52. The van der Waals surface area contributed by atoms with E-state index in [2.05, 4.69) is 107 Å². The maximum Gasteiger partial charge on any atom is 0.0828 e. The Kier molecular flexibility index (Phi) is 8.69. The van der Waals surface area contributed by atoms with Gasteiger partial charge >= 0.3 is 0 Å². The Balaban J connectivity index is 0.0000000885. The zero-order valence-electron chi connectivity index (χ0n) is 26.0. The van der Waals surface area contributed by atoms with Gasteiger partial charge in [0.1, 0.15) is 0 Å². The van der Waals surface area contributed by atoms with Crippen molar-refractivity contribution in [1.82, 2.24) is 10.6 Å². The molecule has 3 aromatic rings. The van der Waals surface area contributed by atoms with Crippen LogP contribution in [0, 0.1) is 0 Å². The van der Waals surface area contributed by atoms with Crippen LogP contribution in [0.1, 0.15) is 126 Å². The minimum absolute atomic E-state index is 0.409. The average Bonchev–Trinajstić information content (AvgIpc) is 3.47. The number of nitrogens with one attached hydrogen (secondary N) is 2. The molecule has 0 spiro atoms. The molecule has 8 unspecified atom stereocenters. The van der Waals surface area contributed by atoms with Crippen molar-refractivity contribution in [3.8, 4) is 0 Å². The van der Waals surface area contributed by atoms with Crippen molar-refractivity contribution in [2.45, 2.75) is 105 Å². The molecular formula is C40H48N2OS. The zero-order chi connectivity index (χ0) is 29.3. The van der Waals surface area contributed by atoms with Crippen molar-refractivity contribution in [2.75, 3.05) is 18.9 Å². The van der Waals surface area contributed by atoms with Gasteiger partial charge in [-0.1, -0.05) is 84.9 Å². The first-order valence-corrected chi connectivity index (χ1v) is 18.5. The van der Waals surface area contributed by atoms with Gasteiger partial charge in [-0.3, -0.25) is 0 Å². The van der Waals surface area contributed by atoms with Gasteiger partial charge in [-0.25, -0.2) is 0 Å². The number of piperidine rings is 2. The van der Waals surface area contributed by atoms with E-state index in [9.17, 15) is 0 Å². The summed E-state index contributed by atoms with van der Waals surface area (Å²) in [6, 6.07) is 28.7. The fourth-order valence-electron chi connectivity index (χ4n) is 8.99. The lowest BCUT2D eigenvalue weighted by atomic mass is 9.76. The second kappa shape index (κ2) is 13.2. The number of ether oxygens (including phenoxy) is 1. The van der Waals surface area contributed by atoms with Crippen LogP contribution in [0.4, 0.5) is 0 Å². The van der Waals surface area contributed by atoms with E-state index in [1.54, 1.807) is 27.8 Å². The summed E-state index contributed by atoms with van der Waals surface area (Å²) in [5.74, 6) is 3.72. The lowest BCUT2D eigenvalue weighted by molar-refractivity contribution is -0.0142. The van der Waals surface area contributed by atoms with Crippen LogP contribution in [0.5, 0.6) is 0 Å². The quantitative estimate of drug-likeness (QED) is 0.251. The summed E-state index contributed by atoms with van der Waals surface area (Å²) in [5, 5.41) is 7.88. The maximum absolute atomic E-state index is 5.70. The summed E-state index contributed by atoms with van der Waals surface area (Å²) in [6.45, 7) is 2.14. The third kappa shape index (κ3) is 5.96. The van der Waals surface area contributed by atoms with Gasteiger partial charge in [0, 0.05) is 41.6 Å². The average molecular weight is 605 g/mol. The van der Waals surface area contributed by atoms with Gasteiger partial charge in [-0.2, -0.15) is 11.8 Å². The molecule has 8 aliphatic heterocycles. The maximum atomic E-state index is 5.70. The Bertz CT molecular complexity index is 1190. The molecule has 11 aliphatic rings. The Morgan fingerprint density at radius 3 is 1.73 bits per heavy atom.